The molecule has 0 aliphatic carbocycles. The highest BCUT2D eigenvalue weighted by Crippen LogP contribution is 2.28. The van der Waals surface area contributed by atoms with Crippen LogP contribution in [0.5, 0.6) is 0 Å². The summed E-state index contributed by atoms with van der Waals surface area (Å²) in [5, 5.41) is 1.04. The highest BCUT2D eigenvalue weighted by Gasteiger charge is 2.18. The summed E-state index contributed by atoms with van der Waals surface area (Å²) in [6.45, 7) is 7.55. The van der Waals surface area contributed by atoms with Crippen LogP contribution in [-0.2, 0) is 13.1 Å². The fourth-order valence-corrected chi connectivity index (χ4v) is 4.58. The van der Waals surface area contributed by atoms with E-state index < -0.39 is 0 Å². The minimum Gasteiger partial charge on any atom is -0.330 e. The number of rotatable bonds is 5. The first-order valence-electron chi connectivity index (χ1n) is 11.1. The Labute approximate surface area is 187 Å². The molecule has 2 aromatic heterocycles. The molecule has 0 fully saturated rings. The van der Waals surface area contributed by atoms with Crippen molar-refractivity contribution in [1.82, 2.24) is 14.1 Å². The summed E-state index contributed by atoms with van der Waals surface area (Å²) in [4.78, 5) is 18.5. The first-order chi connectivity index (χ1) is 15.5. The zero-order chi connectivity index (χ0) is 22.2. The Morgan fingerprint density at radius 3 is 2.47 bits per heavy atom. The van der Waals surface area contributed by atoms with E-state index in [1.54, 1.807) is 10.9 Å². The minimum atomic E-state index is 0.0132. The van der Waals surface area contributed by atoms with Gasteiger partial charge >= 0.3 is 0 Å². The van der Waals surface area contributed by atoms with Gasteiger partial charge in [-0.15, -0.1) is 0 Å². The molecular formula is C28H27N3O. The Morgan fingerprint density at radius 2 is 1.69 bits per heavy atom. The van der Waals surface area contributed by atoms with Crippen molar-refractivity contribution in [2.75, 3.05) is 0 Å². The molecule has 0 aliphatic heterocycles. The lowest BCUT2D eigenvalue weighted by atomic mass is 10.0. The van der Waals surface area contributed by atoms with Gasteiger partial charge in [-0.05, 0) is 43.0 Å². The topological polar surface area (TPSA) is 39.8 Å². The molecular weight excluding hydrogens is 394 g/mol. The van der Waals surface area contributed by atoms with Gasteiger partial charge in [0.1, 0.15) is 11.0 Å². The Balaban J connectivity index is 1.67. The average molecular weight is 422 g/mol. The molecule has 0 aliphatic rings. The van der Waals surface area contributed by atoms with Gasteiger partial charge in [-0.25, -0.2) is 4.98 Å². The normalized spacial score (nSPS) is 12.5. The van der Waals surface area contributed by atoms with Crippen molar-refractivity contribution in [1.29, 1.82) is 0 Å². The van der Waals surface area contributed by atoms with Gasteiger partial charge < -0.3 is 4.57 Å². The van der Waals surface area contributed by atoms with Crippen LogP contribution in [-0.4, -0.2) is 14.1 Å². The molecule has 160 valence electrons. The Morgan fingerprint density at radius 1 is 0.906 bits per heavy atom. The summed E-state index contributed by atoms with van der Waals surface area (Å²) < 4.78 is 3.90. The van der Waals surface area contributed by atoms with Crippen LogP contribution in [0.25, 0.3) is 21.9 Å². The Kier molecular flexibility index (Phi) is 5.14. The molecule has 4 nitrogen and oxygen atoms in total. The van der Waals surface area contributed by atoms with Crippen LogP contribution < -0.4 is 5.56 Å². The van der Waals surface area contributed by atoms with E-state index in [0.717, 1.165) is 22.0 Å². The van der Waals surface area contributed by atoms with E-state index in [0.29, 0.717) is 18.6 Å². The van der Waals surface area contributed by atoms with Crippen molar-refractivity contribution >= 4 is 21.9 Å². The SMILES string of the molecule is Cc1cccc(Cn2c3ccc(C)cc3c3ncn(C[C@H](C)c4ccccc4)c(=O)c32)c1. The molecule has 0 N–H and O–H groups in total. The Hall–Kier alpha value is -3.66. The van der Waals surface area contributed by atoms with Crippen LogP contribution in [0, 0.1) is 13.8 Å². The predicted octanol–water partition coefficient (Wildman–Crippen LogP) is 5.82. The second kappa shape index (κ2) is 8.12. The number of nitrogens with zero attached hydrogens (tertiary/aromatic N) is 3. The number of aryl methyl sites for hydroxylation is 2. The number of fused-ring (bicyclic) bond motifs is 3. The fraction of sp³-hybridized carbons (Fsp3) is 0.214. The molecule has 0 unspecified atom stereocenters. The molecule has 0 amide bonds. The van der Waals surface area contributed by atoms with Gasteiger partial charge in [0.2, 0.25) is 0 Å². The average Bonchev–Trinajstić information content (AvgIpc) is 3.09. The van der Waals surface area contributed by atoms with Crippen LogP contribution in [0.2, 0.25) is 0 Å². The van der Waals surface area contributed by atoms with Crippen LogP contribution >= 0.6 is 0 Å². The molecule has 0 radical (unpaired) electrons. The first-order valence-corrected chi connectivity index (χ1v) is 11.1. The summed E-state index contributed by atoms with van der Waals surface area (Å²) in [5.41, 5.74) is 7.29. The lowest BCUT2D eigenvalue weighted by molar-refractivity contribution is 0.575. The quantitative estimate of drug-likeness (QED) is 0.359. The van der Waals surface area contributed by atoms with Crippen molar-refractivity contribution in [2.24, 2.45) is 0 Å². The Bertz CT molecular complexity index is 1480. The molecule has 5 rings (SSSR count). The van der Waals surface area contributed by atoms with E-state index in [2.05, 4.69) is 79.9 Å². The minimum absolute atomic E-state index is 0.0132. The van der Waals surface area contributed by atoms with E-state index in [1.807, 2.05) is 18.2 Å². The molecule has 5 aromatic rings. The maximum Gasteiger partial charge on any atom is 0.277 e. The summed E-state index contributed by atoms with van der Waals surface area (Å²) in [6, 6.07) is 25.1. The molecule has 0 saturated heterocycles. The van der Waals surface area contributed by atoms with Gasteiger partial charge in [-0.3, -0.25) is 9.36 Å². The predicted molar refractivity (Wildman–Crippen MR) is 131 cm³/mol. The van der Waals surface area contributed by atoms with Crippen LogP contribution in [0.3, 0.4) is 0 Å². The molecule has 1 atom stereocenters. The van der Waals surface area contributed by atoms with E-state index in [-0.39, 0.29) is 11.5 Å². The lowest BCUT2D eigenvalue weighted by Gasteiger charge is -2.14. The first kappa shape index (κ1) is 20.3. The second-order valence-corrected chi connectivity index (χ2v) is 8.81. The molecule has 3 aromatic carbocycles. The molecule has 2 heterocycles. The third-order valence-electron chi connectivity index (χ3n) is 6.24. The maximum absolute atomic E-state index is 13.7. The number of aromatic nitrogens is 3. The van der Waals surface area contributed by atoms with Gasteiger partial charge in [-0.1, -0.05) is 78.7 Å². The van der Waals surface area contributed by atoms with Crippen LogP contribution in [0.4, 0.5) is 0 Å². The van der Waals surface area contributed by atoms with Crippen molar-refractivity contribution in [2.45, 2.75) is 39.8 Å². The van der Waals surface area contributed by atoms with Gasteiger partial charge in [0.05, 0.1) is 11.8 Å². The lowest BCUT2D eigenvalue weighted by Crippen LogP contribution is -2.24. The molecule has 0 bridgehead atoms. The van der Waals surface area contributed by atoms with Crippen molar-refractivity contribution < 1.29 is 0 Å². The van der Waals surface area contributed by atoms with Gasteiger partial charge in [0, 0.05) is 18.5 Å². The zero-order valence-electron chi connectivity index (χ0n) is 18.7. The zero-order valence-corrected chi connectivity index (χ0v) is 18.7. The molecule has 0 saturated carbocycles. The number of benzene rings is 3. The van der Waals surface area contributed by atoms with E-state index in [4.69, 9.17) is 4.98 Å². The van der Waals surface area contributed by atoms with E-state index in [1.165, 1.54) is 16.7 Å². The van der Waals surface area contributed by atoms with Crippen molar-refractivity contribution in [3.63, 3.8) is 0 Å². The third-order valence-corrected chi connectivity index (χ3v) is 6.24. The summed E-state index contributed by atoms with van der Waals surface area (Å²) in [6.07, 6.45) is 1.71. The molecule has 32 heavy (non-hydrogen) atoms. The van der Waals surface area contributed by atoms with E-state index in [9.17, 15) is 4.79 Å². The number of hydrogen-bond donors (Lipinski definition) is 0. The van der Waals surface area contributed by atoms with Crippen LogP contribution in [0.1, 0.15) is 35.1 Å². The summed E-state index contributed by atoms with van der Waals surface area (Å²) in [7, 11) is 0. The maximum atomic E-state index is 13.7. The summed E-state index contributed by atoms with van der Waals surface area (Å²) in [5.74, 6) is 0.213. The second-order valence-electron chi connectivity index (χ2n) is 8.81. The van der Waals surface area contributed by atoms with Crippen molar-refractivity contribution in [3.8, 4) is 0 Å². The monoisotopic (exact) mass is 421 g/mol. The largest absolute Gasteiger partial charge is 0.330 e. The van der Waals surface area contributed by atoms with E-state index >= 15 is 0 Å². The number of hydrogen-bond acceptors (Lipinski definition) is 2. The van der Waals surface area contributed by atoms with Crippen LogP contribution in [0.15, 0.2) is 83.9 Å². The smallest absolute Gasteiger partial charge is 0.277 e. The highest BCUT2D eigenvalue weighted by molar-refractivity contribution is 6.05. The summed E-state index contributed by atoms with van der Waals surface area (Å²) >= 11 is 0. The van der Waals surface area contributed by atoms with Crippen molar-refractivity contribution in [3.05, 3.63) is 112 Å². The fourth-order valence-electron chi connectivity index (χ4n) is 4.58. The van der Waals surface area contributed by atoms with Gasteiger partial charge in [0.25, 0.3) is 5.56 Å². The van der Waals surface area contributed by atoms with Gasteiger partial charge in [-0.2, -0.15) is 0 Å². The molecule has 4 heteroatoms. The third kappa shape index (κ3) is 3.62. The highest BCUT2D eigenvalue weighted by atomic mass is 16.1. The standard InChI is InChI=1S/C28H27N3O/c1-19-8-7-9-22(14-19)17-31-25-13-12-20(2)15-24(25)26-27(31)28(32)30(18-29-26)16-21(3)23-10-5-4-6-11-23/h4-15,18,21H,16-17H2,1-3H3/t21-/m0/s1. The van der Waals surface area contributed by atoms with Gasteiger partial charge in [0.15, 0.2) is 0 Å². The molecule has 0 spiro atoms.